The number of non-ortho nitro benzene ring substituents is 1. The smallest absolute Gasteiger partial charge is 0.270 e. The zero-order valence-corrected chi connectivity index (χ0v) is 9.89. The largest absolute Gasteiger partial charge is 0.496 e. The molecule has 0 aliphatic rings. The molecule has 1 amide bonds. The Morgan fingerprint density at radius 2 is 2.12 bits per heavy atom. The van der Waals surface area contributed by atoms with Crippen molar-refractivity contribution in [3.8, 4) is 5.75 Å². The van der Waals surface area contributed by atoms with Gasteiger partial charge in [0, 0.05) is 18.2 Å². The molecular weight excluding hydrogens is 224 g/mol. The van der Waals surface area contributed by atoms with Crippen LogP contribution >= 0.6 is 0 Å². The normalized spacial score (nSPS) is 10.1. The first-order chi connectivity index (χ1) is 7.95. The summed E-state index contributed by atoms with van der Waals surface area (Å²) in [5.74, 6) is -0.0747. The molecule has 0 aliphatic carbocycles. The zero-order chi connectivity index (χ0) is 13.0. The van der Waals surface area contributed by atoms with Gasteiger partial charge in [0.25, 0.3) is 11.6 Å². The summed E-state index contributed by atoms with van der Waals surface area (Å²) < 4.78 is 5.00. The van der Waals surface area contributed by atoms with Gasteiger partial charge in [0.1, 0.15) is 5.75 Å². The minimum atomic E-state index is -0.550. The standard InChI is InChI=1S/C11H14N2O4/c1-7(2)12-11(14)9-6-8(13(15)16)4-5-10(9)17-3/h4-7H,1-3H3,(H,12,14). The molecule has 0 heterocycles. The highest BCUT2D eigenvalue weighted by molar-refractivity contribution is 5.97. The lowest BCUT2D eigenvalue weighted by Gasteiger charge is -2.11. The molecule has 0 radical (unpaired) electrons. The number of methoxy groups -OCH3 is 1. The monoisotopic (exact) mass is 238 g/mol. The SMILES string of the molecule is COc1ccc([N+](=O)[O-])cc1C(=O)NC(C)C. The van der Waals surface area contributed by atoms with Crippen molar-refractivity contribution in [3.05, 3.63) is 33.9 Å². The molecule has 1 aromatic carbocycles. The van der Waals surface area contributed by atoms with Crippen LogP contribution in [-0.4, -0.2) is 24.0 Å². The van der Waals surface area contributed by atoms with Crippen molar-refractivity contribution < 1.29 is 14.5 Å². The van der Waals surface area contributed by atoms with E-state index in [0.717, 1.165) is 0 Å². The zero-order valence-electron chi connectivity index (χ0n) is 9.89. The summed E-state index contributed by atoms with van der Waals surface area (Å²) in [6.07, 6.45) is 0. The van der Waals surface area contributed by atoms with Gasteiger partial charge in [0.2, 0.25) is 0 Å². The summed E-state index contributed by atoms with van der Waals surface area (Å²) in [6.45, 7) is 3.61. The lowest BCUT2D eigenvalue weighted by Crippen LogP contribution is -2.30. The predicted molar refractivity (Wildman–Crippen MR) is 62.3 cm³/mol. The fraction of sp³-hybridized carbons (Fsp3) is 0.364. The summed E-state index contributed by atoms with van der Waals surface area (Å²) in [4.78, 5) is 21.9. The van der Waals surface area contributed by atoms with Gasteiger partial charge in [-0.15, -0.1) is 0 Å². The number of benzene rings is 1. The average molecular weight is 238 g/mol. The maximum absolute atomic E-state index is 11.8. The first-order valence-electron chi connectivity index (χ1n) is 5.09. The first-order valence-corrected chi connectivity index (χ1v) is 5.09. The van der Waals surface area contributed by atoms with Crippen molar-refractivity contribution in [1.29, 1.82) is 0 Å². The van der Waals surface area contributed by atoms with E-state index >= 15 is 0 Å². The second kappa shape index (κ2) is 5.29. The average Bonchev–Trinajstić information content (AvgIpc) is 2.27. The van der Waals surface area contributed by atoms with Crippen LogP contribution in [0.5, 0.6) is 5.75 Å². The van der Waals surface area contributed by atoms with Gasteiger partial charge >= 0.3 is 0 Å². The van der Waals surface area contributed by atoms with Crippen molar-refractivity contribution in [2.45, 2.75) is 19.9 Å². The summed E-state index contributed by atoms with van der Waals surface area (Å²) in [6, 6.07) is 3.86. The number of nitro groups is 1. The van der Waals surface area contributed by atoms with Gasteiger partial charge in [-0.3, -0.25) is 14.9 Å². The molecule has 1 N–H and O–H groups in total. The van der Waals surface area contributed by atoms with E-state index in [2.05, 4.69) is 5.32 Å². The van der Waals surface area contributed by atoms with Gasteiger partial charge in [-0.25, -0.2) is 0 Å². The molecule has 0 atom stereocenters. The van der Waals surface area contributed by atoms with Crippen LogP contribution in [0.4, 0.5) is 5.69 Å². The summed E-state index contributed by atoms with van der Waals surface area (Å²) in [5, 5.41) is 13.3. The highest BCUT2D eigenvalue weighted by atomic mass is 16.6. The maximum Gasteiger partial charge on any atom is 0.270 e. The van der Waals surface area contributed by atoms with Crippen LogP contribution in [0, 0.1) is 10.1 Å². The van der Waals surface area contributed by atoms with Gasteiger partial charge in [-0.05, 0) is 19.9 Å². The van der Waals surface area contributed by atoms with Crippen LogP contribution in [0.2, 0.25) is 0 Å². The van der Waals surface area contributed by atoms with Crippen LogP contribution in [0.3, 0.4) is 0 Å². The fourth-order valence-corrected chi connectivity index (χ4v) is 1.33. The van der Waals surface area contributed by atoms with Crippen molar-refractivity contribution in [1.82, 2.24) is 5.32 Å². The topological polar surface area (TPSA) is 81.5 Å². The Kier molecular flexibility index (Phi) is 4.03. The minimum absolute atomic E-state index is 0.0496. The molecule has 6 nitrogen and oxygen atoms in total. The number of carbonyl (C=O) groups is 1. The van der Waals surface area contributed by atoms with E-state index in [9.17, 15) is 14.9 Å². The van der Waals surface area contributed by atoms with Crippen LogP contribution < -0.4 is 10.1 Å². The van der Waals surface area contributed by atoms with Gasteiger partial charge in [0.05, 0.1) is 17.6 Å². The van der Waals surface area contributed by atoms with Gasteiger partial charge in [-0.2, -0.15) is 0 Å². The summed E-state index contributed by atoms with van der Waals surface area (Å²) >= 11 is 0. The number of ether oxygens (including phenoxy) is 1. The van der Waals surface area contributed by atoms with E-state index in [1.165, 1.54) is 25.3 Å². The van der Waals surface area contributed by atoms with Crippen molar-refractivity contribution in [2.75, 3.05) is 7.11 Å². The number of nitrogens with one attached hydrogen (secondary N) is 1. The second-order valence-electron chi connectivity index (χ2n) is 3.77. The van der Waals surface area contributed by atoms with Crippen molar-refractivity contribution in [2.24, 2.45) is 0 Å². The Labute approximate surface area is 98.7 Å². The highest BCUT2D eigenvalue weighted by Crippen LogP contribution is 2.23. The third-order valence-corrected chi connectivity index (χ3v) is 2.06. The minimum Gasteiger partial charge on any atom is -0.496 e. The third kappa shape index (κ3) is 3.17. The quantitative estimate of drug-likeness (QED) is 0.639. The van der Waals surface area contributed by atoms with Crippen molar-refractivity contribution >= 4 is 11.6 Å². The first kappa shape index (κ1) is 13.0. The molecule has 92 valence electrons. The molecule has 0 unspecified atom stereocenters. The molecule has 1 rings (SSSR count). The number of hydrogen-bond donors (Lipinski definition) is 1. The summed E-state index contributed by atoms with van der Waals surface area (Å²) in [7, 11) is 1.41. The Hall–Kier alpha value is -2.11. The Balaban J connectivity index is 3.14. The number of carbonyl (C=O) groups excluding carboxylic acids is 1. The number of nitrogens with zero attached hydrogens (tertiary/aromatic N) is 1. The lowest BCUT2D eigenvalue weighted by atomic mass is 10.1. The Bertz CT molecular complexity index is 443. The van der Waals surface area contributed by atoms with Gasteiger partial charge < -0.3 is 10.1 Å². The van der Waals surface area contributed by atoms with Crippen molar-refractivity contribution in [3.63, 3.8) is 0 Å². The van der Waals surface area contributed by atoms with E-state index < -0.39 is 4.92 Å². The van der Waals surface area contributed by atoms with Crippen LogP contribution in [0.25, 0.3) is 0 Å². The molecule has 1 aromatic rings. The fourth-order valence-electron chi connectivity index (χ4n) is 1.33. The predicted octanol–water partition coefficient (Wildman–Crippen LogP) is 1.74. The molecule has 6 heteroatoms. The Morgan fingerprint density at radius 3 is 2.59 bits per heavy atom. The molecule has 0 saturated carbocycles. The number of amides is 1. The van der Waals surface area contributed by atoms with Crippen LogP contribution in [0.15, 0.2) is 18.2 Å². The van der Waals surface area contributed by atoms with Gasteiger partial charge in [0.15, 0.2) is 0 Å². The van der Waals surface area contributed by atoms with E-state index in [0.29, 0.717) is 5.75 Å². The molecular formula is C11H14N2O4. The van der Waals surface area contributed by atoms with E-state index in [-0.39, 0.29) is 23.2 Å². The maximum atomic E-state index is 11.8. The van der Waals surface area contributed by atoms with E-state index in [1.54, 1.807) is 0 Å². The van der Waals surface area contributed by atoms with E-state index in [4.69, 9.17) is 4.74 Å². The molecule has 17 heavy (non-hydrogen) atoms. The van der Waals surface area contributed by atoms with Crippen LogP contribution in [-0.2, 0) is 0 Å². The number of rotatable bonds is 4. The molecule has 0 aromatic heterocycles. The van der Waals surface area contributed by atoms with Gasteiger partial charge in [-0.1, -0.05) is 0 Å². The summed E-state index contributed by atoms with van der Waals surface area (Å²) in [5.41, 5.74) is 0.0232. The highest BCUT2D eigenvalue weighted by Gasteiger charge is 2.17. The van der Waals surface area contributed by atoms with Crippen LogP contribution in [0.1, 0.15) is 24.2 Å². The molecule has 0 saturated heterocycles. The molecule has 0 aliphatic heterocycles. The second-order valence-corrected chi connectivity index (χ2v) is 3.77. The molecule has 0 spiro atoms. The Morgan fingerprint density at radius 1 is 1.47 bits per heavy atom. The third-order valence-electron chi connectivity index (χ3n) is 2.06. The molecule has 0 bridgehead atoms. The number of hydrogen-bond acceptors (Lipinski definition) is 4. The lowest BCUT2D eigenvalue weighted by molar-refractivity contribution is -0.384. The molecule has 0 fully saturated rings. The number of nitro benzene ring substituents is 1. The van der Waals surface area contributed by atoms with E-state index in [1.807, 2.05) is 13.8 Å².